The summed E-state index contributed by atoms with van der Waals surface area (Å²) in [5.74, 6) is 0.434. The Morgan fingerprint density at radius 2 is 1.61 bits per heavy atom. The van der Waals surface area contributed by atoms with E-state index in [4.69, 9.17) is 4.74 Å². The number of nitriles is 2. The highest BCUT2D eigenvalue weighted by atomic mass is 16.5. The molecule has 0 aromatic heterocycles. The molecule has 0 heterocycles. The fraction of sp³-hybridized carbons (Fsp3) is 0.300. The fourth-order valence-corrected chi connectivity index (χ4v) is 2.65. The molecule has 0 radical (unpaired) electrons. The summed E-state index contributed by atoms with van der Waals surface area (Å²) < 4.78 is 5.17. The molecule has 0 spiro atoms. The largest absolute Gasteiger partial charge is 0.495 e. The van der Waals surface area contributed by atoms with Crippen LogP contribution < -0.4 is 4.74 Å². The van der Waals surface area contributed by atoms with Crippen LogP contribution in [-0.4, -0.2) is 7.11 Å². The molecule has 0 saturated carbocycles. The summed E-state index contributed by atoms with van der Waals surface area (Å²) in [6.45, 7) is 2.20. The predicted octanol–water partition coefficient (Wildman–Crippen LogP) is 4.84. The van der Waals surface area contributed by atoms with E-state index in [9.17, 15) is 10.5 Å². The lowest BCUT2D eigenvalue weighted by Crippen LogP contribution is -1.95. The Morgan fingerprint density at radius 3 is 2.17 bits per heavy atom. The first-order valence-electron chi connectivity index (χ1n) is 7.85. The van der Waals surface area contributed by atoms with Crippen molar-refractivity contribution in [1.29, 1.82) is 10.5 Å². The van der Waals surface area contributed by atoms with Crippen LogP contribution in [0.5, 0.6) is 5.75 Å². The Kier molecular flexibility index (Phi) is 5.78. The van der Waals surface area contributed by atoms with E-state index in [0.717, 1.165) is 17.5 Å². The summed E-state index contributed by atoms with van der Waals surface area (Å²) in [4.78, 5) is 0. The van der Waals surface area contributed by atoms with E-state index in [1.54, 1.807) is 6.07 Å². The molecule has 0 unspecified atom stereocenters. The topological polar surface area (TPSA) is 56.8 Å². The molecule has 3 heteroatoms. The molecule has 116 valence electrons. The van der Waals surface area contributed by atoms with Crippen molar-refractivity contribution in [3.63, 3.8) is 0 Å². The fourth-order valence-electron chi connectivity index (χ4n) is 2.65. The third kappa shape index (κ3) is 3.71. The Hall–Kier alpha value is -2.78. The van der Waals surface area contributed by atoms with Gasteiger partial charge >= 0.3 is 0 Å². The molecule has 0 aliphatic heterocycles. The Morgan fingerprint density at radius 1 is 0.913 bits per heavy atom. The van der Waals surface area contributed by atoms with Crippen LogP contribution in [0.15, 0.2) is 36.4 Å². The van der Waals surface area contributed by atoms with E-state index >= 15 is 0 Å². The lowest BCUT2D eigenvalue weighted by Gasteiger charge is -2.10. The number of nitrogens with zero attached hydrogens (tertiary/aromatic N) is 2. The number of hydrogen-bond donors (Lipinski definition) is 0. The van der Waals surface area contributed by atoms with E-state index < -0.39 is 0 Å². The molecule has 0 aliphatic rings. The van der Waals surface area contributed by atoms with Gasteiger partial charge in [-0.25, -0.2) is 0 Å². The average Bonchev–Trinajstić information content (AvgIpc) is 2.61. The SMILES string of the molecule is CCCCCc1ccc(-c2ccc(OC)c(C#N)c2C#N)cc1. The van der Waals surface area contributed by atoms with E-state index in [-0.39, 0.29) is 0 Å². The van der Waals surface area contributed by atoms with Crippen molar-refractivity contribution >= 4 is 0 Å². The number of rotatable bonds is 6. The van der Waals surface area contributed by atoms with Crippen molar-refractivity contribution in [2.24, 2.45) is 0 Å². The zero-order chi connectivity index (χ0) is 16.7. The first kappa shape index (κ1) is 16.6. The Bertz CT molecular complexity index is 749. The normalized spacial score (nSPS) is 9.91. The van der Waals surface area contributed by atoms with E-state index in [0.29, 0.717) is 16.9 Å². The van der Waals surface area contributed by atoms with Gasteiger partial charge in [0.1, 0.15) is 23.5 Å². The quantitative estimate of drug-likeness (QED) is 0.718. The summed E-state index contributed by atoms with van der Waals surface area (Å²) >= 11 is 0. The van der Waals surface area contributed by atoms with Gasteiger partial charge in [-0.15, -0.1) is 0 Å². The molecule has 0 saturated heterocycles. The van der Waals surface area contributed by atoms with Gasteiger partial charge in [-0.2, -0.15) is 10.5 Å². The lowest BCUT2D eigenvalue weighted by atomic mass is 9.94. The maximum Gasteiger partial charge on any atom is 0.138 e. The molecule has 0 fully saturated rings. The molecule has 0 bridgehead atoms. The second kappa shape index (κ2) is 8.01. The summed E-state index contributed by atoms with van der Waals surface area (Å²) in [5, 5.41) is 18.8. The molecule has 23 heavy (non-hydrogen) atoms. The van der Waals surface area contributed by atoms with Crippen molar-refractivity contribution in [3.8, 4) is 29.0 Å². The molecule has 0 N–H and O–H groups in total. The van der Waals surface area contributed by atoms with Gasteiger partial charge in [0.25, 0.3) is 0 Å². The highest BCUT2D eigenvalue weighted by Gasteiger charge is 2.14. The minimum Gasteiger partial charge on any atom is -0.495 e. The van der Waals surface area contributed by atoms with Crippen molar-refractivity contribution < 1.29 is 4.74 Å². The van der Waals surface area contributed by atoms with Crippen LogP contribution in [0.3, 0.4) is 0 Å². The van der Waals surface area contributed by atoms with Gasteiger partial charge in [0.2, 0.25) is 0 Å². The van der Waals surface area contributed by atoms with Crippen LogP contribution in [0, 0.1) is 22.7 Å². The minimum atomic E-state index is 0.291. The third-order valence-corrected chi connectivity index (χ3v) is 3.94. The van der Waals surface area contributed by atoms with Crippen LogP contribution >= 0.6 is 0 Å². The summed E-state index contributed by atoms with van der Waals surface area (Å²) in [7, 11) is 1.50. The van der Waals surface area contributed by atoms with Gasteiger partial charge in [-0.3, -0.25) is 0 Å². The molecule has 2 aromatic rings. The maximum atomic E-state index is 9.45. The van der Waals surface area contributed by atoms with E-state index in [2.05, 4.69) is 31.2 Å². The standard InChI is InChI=1S/C20H20N2O/c1-3-4-5-6-15-7-9-16(10-8-15)17-11-12-20(23-2)19(14-22)18(17)13-21/h7-12H,3-6H2,1-2H3. The molecular weight excluding hydrogens is 284 g/mol. The van der Waals surface area contributed by atoms with E-state index in [1.807, 2.05) is 18.2 Å². The molecule has 0 atom stereocenters. The van der Waals surface area contributed by atoms with Crippen LogP contribution in [0.25, 0.3) is 11.1 Å². The molecule has 2 aromatic carbocycles. The summed E-state index contributed by atoms with van der Waals surface area (Å²) in [6.07, 6.45) is 4.72. The Balaban J connectivity index is 2.36. The Labute approximate surface area is 137 Å². The molecule has 2 rings (SSSR count). The lowest BCUT2D eigenvalue weighted by molar-refractivity contribution is 0.413. The number of hydrogen-bond acceptors (Lipinski definition) is 3. The minimum absolute atomic E-state index is 0.291. The monoisotopic (exact) mass is 304 g/mol. The van der Waals surface area contributed by atoms with Crippen LogP contribution in [0.4, 0.5) is 0 Å². The summed E-state index contributed by atoms with van der Waals surface area (Å²) in [6, 6.07) is 16.0. The van der Waals surface area contributed by atoms with Gasteiger partial charge in [-0.1, -0.05) is 44.0 Å². The van der Waals surface area contributed by atoms with Gasteiger partial charge in [0, 0.05) is 5.56 Å². The third-order valence-electron chi connectivity index (χ3n) is 3.94. The molecule has 0 aliphatic carbocycles. The number of aryl methyl sites for hydroxylation is 1. The number of ether oxygens (including phenoxy) is 1. The predicted molar refractivity (Wildman–Crippen MR) is 91.1 cm³/mol. The van der Waals surface area contributed by atoms with Crippen molar-refractivity contribution in [3.05, 3.63) is 53.1 Å². The molecular formula is C20H20N2O. The first-order valence-corrected chi connectivity index (χ1v) is 7.85. The first-order chi connectivity index (χ1) is 11.2. The second-order valence-corrected chi connectivity index (χ2v) is 5.44. The van der Waals surface area contributed by atoms with Gasteiger partial charge in [0.15, 0.2) is 0 Å². The van der Waals surface area contributed by atoms with Gasteiger partial charge < -0.3 is 4.74 Å². The zero-order valence-electron chi connectivity index (χ0n) is 13.6. The highest BCUT2D eigenvalue weighted by Crippen LogP contribution is 2.31. The van der Waals surface area contributed by atoms with Crippen LogP contribution in [0.2, 0.25) is 0 Å². The molecule has 3 nitrogen and oxygen atoms in total. The average molecular weight is 304 g/mol. The van der Waals surface area contributed by atoms with Gasteiger partial charge in [-0.05, 0) is 36.1 Å². The second-order valence-electron chi connectivity index (χ2n) is 5.44. The van der Waals surface area contributed by atoms with Crippen molar-refractivity contribution in [1.82, 2.24) is 0 Å². The highest BCUT2D eigenvalue weighted by molar-refractivity contribution is 5.76. The van der Waals surface area contributed by atoms with E-state index in [1.165, 1.54) is 31.9 Å². The summed E-state index contributed by atoms with van der Waals surface area (Å²) in [5.41, 5.74) is 3.67. The smallest absolute Gasteiger partial charge is 0.138 e. The van der Waals surface area contributed by atoms with Crippen LogP contribution in [-0.2, 0) is 6.42 Å². The number of benzene rings is 2. The van der Waals surface area contributed by atoms with Gasteiger partial charge in [0.05, 0.1) is 12.7 Å². The van der Waals surface area contributed by atoms with Crippen LogP contribution in [0.1, 0.15) is 42.9 Å². The molecule has 0 amide bonds. The zero-order valence-corrected chi connectivity index (χ0v) is 13.6. The maximum absolute atomic E-state index is 9.45. The number of methoxy groups -OCH3 is 1. The van der Waals surface area contributed by atoms with Crippen molar-refractivity contribution in [2.45, 2.75) is 32.6 Å². The number of unbranched alkanes of at least 4 members (excludes halogenated alkanes) is 2. The van der Waals surface area contributed by atoms with Crippen molar-refractivity contribution in [2.75, 3.05) is 7.11 Å².